The van der Waals surface area contributed by atoms with Gasteiger partial charge in [0.25, 0.3) is 0 Å². The Kier molecular flexibility index (Phi) is 4.12. The third kappa shape index (κ3) is 3.18. The molecule has 0 bridgehead atoms. The number of carbonyl (C=O) groups excluding carboxylic acids is 1. The number of carbonyl (C=O) groups is 1. The van der Waals surface area contributed by atoms with E-state index in [0.717, 1.165) is 6.07 Å². The summed E-state index contributed by atoms with van der Waals surface area (Å²) >= 11 is 8.90. The van der Waals surface area contributed by atoms with E-state index in [1.54, 1.807) is 0 Å². The SMILES string of the molecule is CC(C)(C#N)C(=O)Nc1c(Cl)cc(F)cc1Br. The fourth-order valence-electron chi connectivity index (χ4n) is 0.982. The Morgan fingerprint density at radius 1 is 1.59 bits per heavy atom. The van der Waals surface area contributed by atoms with E-state index in [4.69, 9.17) is 16.9 Å². The summed E-state index contributed by atoms with van der Waals surface area (Å²) in [4.78, 5) is 11.7. The van der Waals surface area contributed by atoms with Crippen LogP contribution in [-0.2, 0) is 4.79 Å². The molecule has 0 aliphatic rings. The number of halogens is 3. The van der Waals surface area contributed by atoms with E-state index in [9.17, 15) is 9.18 Å². The van der Waals surface area contributed by atoms with Gasteiger partial charge in [-0.3, -0.25) is 4.79 Å². The standard InChI is InChI=1S/C11H9BrClFN2O/c1-11(2,5-15)10(17)16-9-7(12)3-6(14)4-8(9)13/h3-4H,1-2H3,(H,16,17). The number of hydrogen-bond donors (Lipinski definition) is 1. The van der Waals surface area contributed by atoms with Crippen molar-refractivity contribution in [2.45, 2.75) is 13.8 Å². The molecule has 0 atom stereocenters. The minimum Gasteiger partial charge on any atom is -0.322 e. The maximum atomic E-state index is 13.0. The van der Waals surface area contributed by atoms with Crippen LogP contribution in [0.1, 0.15) is 13.8 Å². The summed E-state index contributed by atoms with van der Waals surface area (Å²) in [6, 6.07) is 4.13. The van der Waals surface area contributed by atoms with Gasteiger partial charge in [0.2, 0.25) is 5.91 Å². The minimum absolute atomic E-state index is 0.0685. The summed E-state index contributed by atoms with van der Waals surface area (Å²) in [5, 5.41) is 11.4. The summed E-state index contributed by atoms with van der Waals surface area (Å²) in [6.07, 6.45) is 0. The Labute approximate surface area is 112 Å². The van der Waals surface area contributed by atoms with Gasteiger partial charge in [0.1, 0.15) is 11.2 Å². The molecule has 0 unspecified atom stereocenters. The number of amides is 1. The van der Waals surface area contributed by atoms with Gasteiger partial charge < -0.3 is 5.32 Å². The van der Waals surface area contributed by atoms with Crippen molar-refractivity contribution >= 4 is 39.1 Å². The van der Waals surface area contributed by atoms with Gasteiger partial charge in [-0.2, -0.15) is 5.26 Å². The highest BCUT2D eigenvalue weighted by Gasteiger charge is 2.28. The van der Waals surface area contributed by atoms with E-state index in [2.05, 4.69) is 21.2 Å². The van der Waals surface area contributed by atoms with Gasteiger partial charge >= 0.3 is 0 Å². The molecule has 3 nitrogen and oxygen atoms in total. The normalized spacial score (nSPS) is 10.8. The zero-order chi connectivity index (χ0) is 13.2. The van der Waals surface area contributed by atoms with Crippen LogP contribution in [0.15, 0.2) is 16.6 Å². The number of nitrogens with zero attached hydrogens (tertiary/aromatic N) is 1. The number of benzene rings is 1. The van der Waals surface area contributed by atoms with Gasteiger partial charge in [-0.1, -0.05) is 11.6 Å². The van der Waals surface area contributed by atoms with Gasteiger partial charge in [-0.05, 0) is 41.9 Å². The molecular formula is C11H9BrClFN2O. The fourth-order valence-corrected chi connectivity index (χ4v) is 1.88. The van der Waals surface area contributed by atoms with Crippen molar-refractivity contribution in [2.75, 3.05) is 5.32 Å². The second-order valence-electron chi connectivity index (χ2n) is 3.94. The number of nitrogens with one attached hydrogen (secondary N) is 1. The van der Waals surface area contributed by atoms with Crippen LogP contribution in [0.4, 0.5) is 10.1 Å². The lowest BCUT2D eigenvalue weighted by molar-refractivity contribution is -0.121. The first-order valence-electron chi connectivity index (χ1n) is 4.65. The molecule has 1 N–H and O–H groups in total. The molecular weight excluding hydrogens is 310 g/mol. The monoisotopic (exact) mass is 318 g/mol. The van der Waals surface area contributed by atoms with Crippen LogP contribution in [0.5, 0.6) is 0 Å². The van der Waals surface area contributed by atoms with Crippen molar-refractivity contribution in [3.05, 3.63) is 27.4 Å². The quantitative estimate of drug-likeness (QED) is 0.903. The lowest BCUT2D eigenvalue weighted by Gasteiger charge is -2.16. The lowest BCUT2D eigenvalue weighted by atomic mass is 9.94. The van der Waals surface area contributed by atoms with E-state index in [0.29, 0.717) is 4.47 Å². The molecule has 90 valence electrons. The molecule has 0 radical (unpaired) electrons. The highest BCUT2D eigenvalue weighted by Crippen LogP contribution is 2.32. The molecule has 1 aromatic rings. The molecule has 0 spiro atoms. The predicted octanol–water partition coefficient (Wildman–Crippen LogP) is 3.73. The Bertz CT molecular complexity index is 488. The third-order valence-electron chi connectivity index (χ3n) is 2.09. The summed E-state index contributed by atoms with van der Waals surface area (Å²) in [5.74, 6) is -1.02. The number of anilines is 1. The Hall–Kier alpha value is -1.12. The number of hydrogen-bond acceptors (Lipinski definition) is 2. The van der Waals surface area contributed by atoms with Gasteiger partial charge in [0.05, 0.1) is 16.8 Å². The Morgan fingerprint density at radius 2 is 2.18 bits per heavy atom. The number of nitriles is 1. The van der Waals surface area contributed by atoms with Crippen LogP contribution >= 0.6 is 27.5 Å². The molecule has 0 aromatic heterocycles. The number of rotatable bonds is 2. The van der Waals surface area contributed by atoms with Crippen LogP contribution in [0, 0.1) is 22.6 Å². The van der Waals surface area contributed by atoms with E-state index in [-0.39, 0.29) is 10.7 Å². The second kappa shape index (κ2) is 5.03. The molecule has 17 heavy (non-hydrogen) atoms. The lowest BCUT2D eigenvalue weighted by Crippen LogP contribution is -2.29. The van der Waals surface area contributed by atoms with Crippen molar-refractivity contribution in [1.29, 1.82) is 5.26 Å². The average molecular weight is 320 g/mol. The fraction of sp³-hybridized carbons (Fsp3) is 0.273. The van der Waals surface area contributed by atoms with Crippen LogP contribution in [0.3, 0.4) is 0 Å². The molecule has 0 saturated carbocycles. The summed E-state index contributed by atoms with van der Waals surface area (Å²) in [6.45, 7) is 2.96. The van der Waals surface area contributed by atoms with Gasteiger partial charge in [0, 0.05) is 4.47 Å². The summed E-state index contributed by atoms with van der Waals surface area (Å²) in [7, 11) is 0. The largest absolute Gasteiger partial charge is 0.322 e. The van der Waals surface area contributed by atoms with Crippen LogP contribution in [0.25, 0.3) is 0 Å². The highest BCUT2D eigenvalue weighted by molar-refractivity contribution is 9.10. The zero-order valence-electron chi connectivity index (χ0n) is 9.14. The van der Waals surface area contributed by atoms with Crippen molar-refractivity contribution in [1.82, 2.24) is 0 Å². The second-order valence-corrected chi connectivity index (χ2v) is 5.20. The van der Waals surface area contributed by atoms with Gasteiger partial charge in [-0.25, -0.2) is 4.39 Å². The van der Waals surface area contributed by atoms with E-state index < -0.39 is 17.1 Å². The molecule has 1 rings (SSSR count). The molecule has 1 amide bonds. The van der Waals surface area contributed by atoms with Crippen molar-refractivity contribution < 1.29 is 9.18 Å². The molecule has 1 aromatic carbocycles. The van der Waals surface area contributed by atoms with E-state index in [1.807, 2.05) is 6.07 Å². The highest BCUT2D eigenvalue weighted by atomic mass is 79.9. The smallest absolute Gasteiger partial charge is 0.244 e. The molecule has 0 saturated heterocycles. The van der Waals surface area contributed by atoms with E-state index >= 15 is 0 Å². The Balaban J connectivity index is 3.06. The molecule has 0 fully saturated rings. The van der Waals surface area contributed by atoms with Gasteiger partial charge in [-0.15, -0.1) is 0 Å². The molecule has 0 aliphatic carbocycles. The first-order chi connectivity index (χ1) is 7.77. The average Bonchev–Trinajstić information content (AvgIpc) is 2.22. The van der Waals surface area contributed by atoms with Crippen LogP contribution in [0.2, 0.25) is 5.02 Å². The first kappa shape index (κ1) is 13.9. The topological polar surface area (TPSA) is 52.9 Å². The van der Waals surface area contributed by atoms with E-state index in [1.165, 1.54) is 19.9 Å². The maximum absolute atomic E-state index is 13.0. The van der Waals surface area contributed by atoms with Gasteiger partial charge in [0.15, 0.2) is 0 Å². The summed E-state index contributed by atoms with van der Waals surface area (Å²) < 4.78 is 13.3. The minimum atomic E-state index is -1.18. The molecule has 0 heterocycles. The van der Waals surface area contributed by atoms with Crippen LogP contribution in [-0.4, -0.2) is 5.91 Å². The first-order valence-corrected chi connectivity index (χ1v) is 5.82. The van der Waals surface area contributed by atoms with Crippen LogP contribution < -0.4 is 5.32 Å². The van der Waals surface area contributed by atoms with Crippen molar-refractivity contribution in [3.63, 3.8) is 0 Å². The Morgan fingerprint density at radius 3 is 2.65 bits per heavy atom. The zero-order valence-corrected chi connectivity index (χ0v) is 11.5. The summed E-state index contributed by atoms with van der Waals surface area (Å²) in [5.41, 5.74) is -0.932. The van der Waals surface area contributed by atoms with Crippen molar-refractivity contribution in [3.8, 4) is 6.07 Å². The maximum Gasteiger partial charge on any atom is 0.244 e. The molecule has 0 aliphatic heterocycles. The van der Waals surface area contributed by atoms with Crippen molar-refractivity contribution in [2.24, 2.45) is 5.41 Å². The third-order valence-corrected chi connectivity index (χ3v) is 3.02. The predicted molar refractivity (Wildman–Crippen MR) is 67.1 cm³/mol. The molecule has 6 heteroatoms.